The Morgan fingerprint density at radius 2 is 1.81 bits per heavy atom. The fraction of sp³-hybridized carbons (Fsp3) is 0.500. The molecule has 0 fully saturated rings. The van der Waals surface area contributed by atoms with Gasteiger partial charge in [0.2, 0.25) is 0 Å². The van der Waals surface area contributed by atoms with E-state index in [0.29, 0.717) is 11.4 Å². The van der Waals surface area contributed by atoms with E-state index < -0.39 is 20.5 Å². The van der Waals surface area contributed by atoms with Crippen molar-refractivity contribution in [3.63, 3.8) is 0 Å². The van der Waals surface area contributed by atoms with E-state index in [0.717, 1.165) is 10.5 Å². The summed E-state index contributed by atoms with van der Waals surface area (Å²) in [6, 6.07) is 4.98. The fourth-order valence-electron chi connectivity index (χ4n) is 1.37. The Morgan fingerprint density at radius 3 is 2.24 bits per heavy atom. The fourth-order valence-corrected chi connectivity index (χ4v) is 1.96. The molecule has 0 saturated heterocycles. The number of carbonyl (C=O) groups is 1. The van der Waals surface area contributed by atoms with Crippen LogP contribution in [0.15, 0.2) is 18.2 Å². The van der Waals surface area contributed by atoms with E-state index >= 15 is 0 Å². The lowest BCUT2D eigenvalue weighted by Gasteiger charge is -2.19. The summed E-state index contributed by atoms with van der Waals surface area (Å²) < 4.78 is 30.3. The van der Waals surface area contributed by atoms with Gasteiger partial charge in [-0.25, -0.2) is 0 Å². The summed E-state index contributed by atoms with van der Waals surface area (Å²) in [7, 11) is 0.719. The Kier molecular flexibility index (Phi) is 11.6. The molecular formula is C14H25F2NO2P2. The molecular weight excluding hydrogens is 314 g/mol. The molecule has 0 aliphatic rings. The predicted octanol–water partition coefficient (Wildman–Crippen LogP) is 4.34. The molecule has 0 N–H and O–H groups in total. The van der Waals surface area contributed by atoms with Gasteiger partial charge in [-0.15, -0.1) is 0 Å². The van der Waals surface area contributed by atoms with Crippen molar-refractivity contribution in [2.45, 2.75) is 27.2 Å². The van der Waals surface area contributed by atoms with Crippen LogP contribution in [0.3, 0.4) is 0 Å². The predicted molar refractivity (Wildman–Crippen MR) is 92.4 cm³/mol. The summed E-state index contributed by atoms with van der Waals surface area (Å²) in [4.78, 5) is 12.1. The molecule has 1 rings (SSSR count). The Balaban J connectivity index is 0. The number of halogens is 2. The third-order valence-corrected chi connectivity index (χ3v) is 2.92. The van der Waals surface area contributed by atoms with E-state index in [1.165, 1.54) is 7.05 Å². The van der Waals surface area contributed by atoms with Gasteiger partial charge in [0.1, 0.15) is 5.75 Å². The Labute approximate surface area is 130 Å². The summed E-state index contributed by atoms with van der Waals surface area (Å²) in [5.74, 6) is -0.599. The average Bonchev–Trinajstić information content (AvgIpc) is 2.41. The molecule has 3 nitrogen and oxygen atoms in total. The summed E-state index contributed by atoms with van der Waals surface area (Å²) in [5.41, 5.74) is 1.31. The average molecular weight is 339 g/mol. The molecule has 21 heavy (non-hydrogen) atoms. The summed E-state index contributed by atoms with van der Waals surface area (Å²) in [6.07, 6.45) is -3.00. The quantitative estimate of drug-likeness (QED) is 0.764. The van der Waals surface area contributed by atoms with Crippen LogP contribution in [0.2, 0.25) is 0 Å². The van der Waals surface area contributed by atoms with Gasteiger partial charge in [0.15, 0.2) is 0 Å². The van der Waals surface area contributed by atoms with Gasteiger partial charge in [-0.1, -0.05) is 19.9 Å². The van der Waals surface area contributed by atoms with Gasteiger partial charge in [0, 0.05) is 18.8 Å². The number of benzene rings is 1. The SMILES string of the molecule is CC.Cc1ccc(N(C)C(=O)C(F)F)cc1OP(C)C.P. The van der Waals surface area contributed by atoms with E-state index in [-0.39, 0.29) is 9.90 Å². The number of amides is 1. The van der Waals surface area contributed by atoms with Gasteiger partial charge in [-0.2, -0.15) is 18.7 Å². The maximum Gasteiger partial charge on any atom is 0.316 e. The molecule has 1 aromatic carbocycles. The van der Waals surface area contributed by atoms with E-state index in [9.17, 15) is 13.6 Å². The first-order valence-electron chi connectivity index (χ1n) is 6.34. The molecule has 0 aliphatic carbocycles. The van der Waals surface area contributed by atoms with E-state index in [2.05, 4.69) is 0 Å². The number of hydrogen-bond acceptors (Lipinski definition) is 2. The minimum Gasteiger partial charge on any atom is -0.474 e. The summed E-state index contributed by atoms with van der Waals surface area (Å²) in [5, 5.41) is 0. The molecule has 1 unspecified atom stereocenters. The highest BCUT2D eigenvalue weighted by molar-refractivity contribution is 7.51. The lowest BCUT2D eigenvalue weighted by Crippen LogP contribution is -2.31. The van der Waals surface area contributed by atoms with Crippen LogP contribution in [-0.4, -0.2) is 32.7 Å². The summed E-state index contributed by atoms with van der Waals surface area (Å²) >= 11 is 0. The van der Waals surface area contributed by atoms with Crippen molar-refractivity contribution in [1.29, 1.82) is 0 Å². The smallest absolute Gasteiger partial charge is 0.316 e. The maximum absolute atomic E-state index is 12.3. The molecule has 1 aromatic rings. The topological polar surface area (TPSA) is 29.5 Å². The van der Waals surface area contributed by atoms with Gasteiger partial charge < -0.3 is 9.42 Å². The molecule has 0 bridgehead atoms. The van der Waals surface area contributed by atoms with Crippen LogP contribution >= 0.6 is 18.0 Å². The third kappa shape index (κ3) is 7.15. The summed E-state index contributed by atoms with van der Waals surface area (Å²) in [6.45, 7) is 9.75. The number of nitrogens with zero attached hydrogens (tertiary/aromatic N) is 1. The monoisotopic (exact) mass is 339 g/mol. The second-order valence-corrected chi connectivity index (χ2v) is 5.86. The molecule has 1 amide bonds. The first-order chi connectivity index (χ1) is 9.32. The molecule has 0 aromatic heterocycles. The normalized spacial score (nSPS) is 9.62. The molecule has 122 valence electrons. The number of rotatable bonds is 4. The van der Waals surface area contributed by atoms with Crippen molar-refractivity contribution in [3.05, 3.63) is 23.8 Å². The standard InChI is InChI=1S/C12H16F2NO2P.C2H6.H3P/c1-8-5-6-9(7-10(8)17-18(3)4)15(2)12(16)11(13)14;1-2;/h5-7,11H,1-4H3;1-2H3;1H3. The number of alkyl halides is 2. The zero-order chi connectivity index (χ0) is 15.9. The molecule has 0 heterocycles. The highest BCUT2D eigenvalue weighted by Crippen LogP contribution is 2.34. The van der Waals surface area contributed by atoms with Gasteiger partial charge in [0.05, 0.1) is 8.15 Å². The number of hydrogen-bond donors (Lipinski definition) is 0. The van der Waals surface area contributed by atoms with E-state index in [1.54, 1.807) is 18.2 Å². The van der Waals surface area contributed by atoms with Crippen LogP contribution in [0.4, 0.5) is 14.5 Å². The van der Waals surface area contributed by atoms with Crippen molar-refractivity contribution < 1.29 is 18.1 Å². The molecule has 0 saturated carbocycles. The Morgan fingerprint density at radius 1 is 1.29 bits per heavy atom. The Bertz CT molecular complexity index is 443. The molecule has 0 radical (unpaired) electrons. The molecule has 0 aliphatic heterocycles. The second kappa shape index (κ2) is 10.9. The van der Waals surface area contributed by atoms with Crippen LogP contribution in [0.25, 0.3) is 0 Å². The highest BCUT2D eigenvalue weighted by Gasteiger charge is 2.21. The molecule has 7 heteroatoms. The van der Waals surface area contributed by atoms with Crippen LogP contribution in [-0.2, 0) is 4.79 Å². The first-order valence-corrected chi connectivity index (χ1v) is 8.50. The van der Waals surface area contributed by atoms with Crippen LogP contribution in [0.1, 0.15) is 19.4 Å². The lowest BCUT2D eigenvalue weighted by molar-refractivity contribution is -0.128. The molecule has 0 spiro atoms. The number of carbonyl (C=O) groups excluding carboxylic acids is 1. The van der Waals surface area contributed by atoms with Crippen LogP contribution in [0.5, 0.6) is 5.75 Å². The Hall–Kier alpha value is -0.790. The van der Waals surface area contributed by atoms with E-state index in [4.69, 9.17) is 4.52 Å². The van der Waals surface area contributed by atoms with Gasteiger partial charge in [-0.05, 0) is 31.9 Å². The van der Waals surface area contributed by atoms with Gasteiger partial charge in [-0.3, -0.25) is 4.79 Å². The van der Waals surface area contributed by atoms with Crippen molar-refractivity contribution in [1.82, 2.24) is 0 Å². The zero-order valence-corrected chi connectivity index (χ0v) is 15.8. The van der Waals surface area contributed by atoms with Crippen molar-refractivity contribution in [3.8, 4) is 5.75 Å². The van der Waals surface area contributed by atoms with E-state index in [1.807, 2.05) is 34.1 Å². The van der Waals surface area contributed by atoms with Crippen molar-refractivity contribution >= 4 is 29.6 Å². The number of aryl methyl sites for hydroxylation is 1. The van der Waals surface area contributed by atoms with Gasteiger partial charge >= 0.3 is 6.43 Å². The molecule has 1 atom stereocenters. The zero-order valence-electron chi connectivity index (χ0n) is 13.5. The van der Waals surface area contributed by atoms with Crippen LogP contribution in [0, 0.1) is 6.92 Å². The minimum atomic E-state index is -3.00. The van der Waals surface area contributed by atoms with Crippen molar-refractivity contribution in [2.75, 3.05) is 25.3 Å². The number of anilines is 1. The highest BCUT2D eigenvalue weighted by atomic mass is 31.1. The van der Waals surface area contributed by atoms with Crippen LogP contribution < -0.4 is 9.42 Å². The van der Waals surface area contributed by atoms with Gasteiger partial charge in [0.25, 0.3) is 5.91 Å². The maximum atomic E-state index is 12.3. The first kappa shape index (κ1) is 22.5. The second-order valence-electron chi connectivity index (χ2n) is 4.05. The lowest BCUT2D eigenvalue weighted by atomic mass is 10.2. The van der Waals surface area contributed by atoms with Crippen molar-refractivity contribution in [2.24, 2.45) is 0 Å². The largest absolute Gasteiger partial charge is 0.474 e. The minimum absolute atomic E-state index is 0. The third-order valence-electron chi connectivity index (χ3n) is 2.36.